The molecule has 0 radical (unpaired) electrons. The molecule has 0 atom stereocenters. The van der Waals surface area contributed by atoms with Crippen LogP contribution in [0.25, 0.3) is 0 Å². The summed E-state index contributed by atoms with van der Waals surface area (Å²) in [7, 11) is 1.84. The average molecular weight is 285 g/mol. The van der Waals surface area contributed by atoms with Crippen molar-refractivity contribution in [3.05, 3.63) is 41.2 Å². The summed E-state index contributed by atoms with van der Waals surface area (Å²) in [6, 6.07) is 6.29. The molecule has 2 rings (SSSR count). The molecule has 0 amide bonds. The summed E-state index contributed by atoms with van der Waals surface area (Å²) in [5.41, 5.74) is 3.43. The first kappa shape index (κ1) is 15.3. The third-order valence-electron chi connectivity index (χ3n) is 3.52. The first-order valence-electron chi connectivity index (χ1n) is 7.11. The van der Waals surface area contributed by atoms with Crippen molar-refractivity contribution in [3.8, 4) is 11.6 Å². The quantitative estimate of drug-likeness (QED) is 0.917. The Morgan fingerprint density at radius 2 is 1.81 bits per heavy atom. The monoisotopic (exact) mass is 285 g/mol. The summed E-state index contributed by atoms with van der Waals surface area (Å²) < 4.78 is 5.96. The first-order valence-corrected chi connectivity index (χ1v) is 7.11. The van der Waals surface area contributed by atoms with E-state index in [-0.39, 0.29) is 5.41 Å². The van der Waals surface area contributed by atoms with Crippen LogP contribution in [0, 0.1) is 13.8 Å². The summed E-state index contributed by atoms with van der Waals surface area (Å²) in [6.07, 6.45) is 1.51. The van der Waals surface area contributed by atoms with Crippen molar-refractivity contribution >= 4 is 5.82 Å². The van der Waals surface area contributed by atoms with E-state index in [1.54, 1.807) is 0 Å². The minimum Gasteiger partial charge on any atom is -0.438 e. The van der Waals surface area contributed by atoms with Crippen molar-refractivity contribution in [1.29, 1.82) is 0 Å². The molecule has 1 aromatic heterocycles. The van der Waals surface area contributed by atoms with Gasteiger partial charge in [-0.25, -0.2) is 9.97 Å². The number of hydrogen-bond acceptors (Lipinski definition) is 4. The minimum atomic E-state index is 0.132. The maximum absolute atomic E-state index is 5.96. The van der Waals surface area contributed by atoms with Gasteiger partial charge in [0.15, 0.2) is 0 Å². The lowest BCUT2D eigenvalue weighted by atomic mass is 9.86. The van der Waals surface area contributed by atoms with Gasteiger partial charge in [-0.15, -0.1) is 0 Å². The van der Waals surface area contributed by atoms with Gasteiger partial charge in [0.05, 0.1) is 5.56 Å². The third kappa shape index (κ3) is 3.32. The van der Waals surface area contributed by atoms with Crippen molar-refractivity contribution in [1.82, 2.24) is 9.97 Å². The Morgan fingerprint density at radius 3 is 2.38 bits per heavy atom. The van der Waals surface area contributed by atoms with Crippen LogP contribution < -0.4 is 10.1 Å². The highest BCUT2D eigenvalue weighted by Crippen LogP contribution is 2.31. The molecule has 2 aromatic rings. The zero-order valence-corrected chi connectivity index (χ0v) is 13.6. The molecule has 0 spiro atoms. The molecule has 0 saturated heterocycles. The van der Waals surface area contributed by atoms with Crippen LogP contribution in [-0.2, 0) is 5.41 Å². The van der Waals surface area contributed by atoms with Gasteiger partial charge in [0.2, 0.25) is 5.88 Å². The highest BCUT2D eigenvalue weighted by molar-refractivity contribution is 5.49. The smallest absolute Gasteiger partial charge is 0.227 e. The molecule has 0 unspecified atom stereocenters. The fourth-order valence-corrected chi connectivity index (χ4v) is 2.12. The molecule has 0 bridgehead atoms. The highest BCUT2D eigenvalue weighted by Gasteiger charge is 2.16. The molecule has 0 fully saturated rings. The maximum Gasteiger partial charge on any atom is 0.227 e. The Hall–Kier alpha value is -2.10. The predicted octanol–water partition coefficient (Wildman–Crippen LogP) is 4.22. The number of nitrogens with zero attached hydrogens (tertiary/aromatic N) is 2. The van der Waals surface area contributed by atoms with Gasteiger partial charge >= 0.3 is 0 Å². The lowest BCUT2D eigenvalue weighted by Gasteiger charge is -2.20. The van der Waals surface area contributed by atoms with Crippen molar-refractivity contribution in [2.24, 2.45) is 0 Å². The lowest BCUT2D eigenvalue weighted by Crippen LogP contribution is -2.11. The van der Waals surface area contributed by atoms with Crippen LogP contribution in [0.3, 0.4) is 0 Å². The van der Waals surface area contributed by atoms with Crippen molar-refractivity contribution in [2.45, 2.75) is 40.0 Å². The van der Waals surface area contributed by atoms with Crippen LogP contribution in [0.5, 0.6) is 11.6 Å². The summed E-state index contributed by atoms with van der Waals surface area (Å²) in [6.45, 7) is 10.6. The average Bonchev–Trinajstić information content (AvgIpc) is 2.42. The van der Waals surface area contributed by atoms with E-state index in [0.717, 1.165) is 22.7 Å². The van der Waals surface area contributed by atoms with Crippen LogP contribution in [0.4, 0.5) is 5.82 Å². The summed E-state index contributed by atoms with van der Waals surface area (Å²) in [5, 5.41) is 3.03. The zero-order chi connectivity index (χ0) is 15.6. The van der Waals surface area contributed by atoms with E-state index in [9.17, 15) is 0 Å². The zero-order valence-electron chi connectivity index (χ0n) is 13.6. The van der Waals surface area contributed by atoms with Gasteiger partial charge in [-0.1, -0.05) is 32.9 Å². The number of aromatic nitrogens is 2. The molecule has 0 aliphatic heterocycles. The van der Waals surface area contributed by atoms with Gasteiger partial charge in [-0.2, -0.15) is 0 Å². The number of nitrogens with one attached hydrogen (secondary N) is 1. The van der Waals surface area contributed by atoms with Gasteiger partial charge in [-0.05, 0) is 36.5 Å². The van der Waals surface area contributed by atoms with E-state index in [1.165, 1.54) is 11.9 Å². The topological polar surface area (TPSA) is 47.0 Å². The first-order chi connectivity index (χ1) is 9.82. The normalized spacial score (nSPS) is 11.3. The standard InChI is InChI=1S/C17H23N3O/c1-11-9-13(17(3,4)5)7-8-14(11)21-16-12(2)15(18-6)19-10-20-16/h7-10H,1-6H3,(H,18,19,20). The summed E-state index contributed by atoms with van der Waals surface area (Å²) in [4.78, 5) is 8.39. The van der Waals surface area contributed by atoms with Crippen LogP contribution in [0.15, 0.2) is 24.5 Å². The lowest BCUT2D eigenvalue weighted by molar-refractivity contribution is 0.453. The molecule has 1 N–H and O–H groups in total. The predicted molar refractivity (Wildman–Crippen MR) is 86.3 cm³/mol. The van der Waals surface area contributed by atoms with Gasteiger partial charge in [-0.3, -0.25) is 0 Å². The maximum atomic E-state index is 5.96. The van der Waals surface area contributed by atoms with Crippen LogP contribution in [-0.4, -0.2) is 17.0 Å². The second-order valence-corrected chi connectivity index (χ2v) is 6.23. The second-order valence-electron chi connectivity index (χ2n) is 6.23. The summed E-state index contributed by atoms with van der Waals surface area (Å²) >= 11 is 0. The molecule has 4 heteroatoms. The fraction of sp³-hybridized carbons (Fsp3) is 0.412. The summed E-state index contributed by atoms with van der Waals surface area (Å²) in [5.74, 6) is 2.19. The van der Waals surface area contributed by atoms with Gasteiger partial charge < -0.3 is 10.1 Å². The van der Waals surface area contributed by atoms with Crippen LogP contribution in [0.1, 0.15) is 37.5 Å². The largest absolute Gasteiger partial charge is 0.438 e. The Kier molecular flexibility index (Phi) is 4.16. The van der Waals surface area contributed by atoms with Gasteiger partial charge in [0, 0.05) is 7.05 Å². The Balaban J connectivity index is 2.33. The molecular weight excluding hydrogens is 262 g/mol. The van der Waals surface area contributed by atoms with Gasteiger partial charge in [0.1, 0.15) is 17.9 Å². The minimum absolute atomic E-state index is 0.132. The molecule has 4 nitrogen and oxygen atoms in total. The Bertz CT molecular complexity index is 645. The Morgan fingerprint density at radius 1 is 1.10 bits per heavy atom. The molecule has 0 aliphatic rings. The van der Waals surface area contributed by atoms with E-state index < -0.39 is 0 Å². The number of rotatable bonds is 3. The molecule has 21 heavy (non-hydrogen) atoms. The Labute approximate surface area is 126 Å². The highest BCUT2D eigenvalue weighted by atomic mass is 16.5. The third-order valence-corrected chi connectivity index (χ3v) is 3.52. The van der Waals surface area contributed by atoms with E-state index >= 15 is 0 Å². The van der Waals surface area contributed by atoms with E-state index in [1.807, 2.05) is 20.0 Å². The van der Waals surface area contributed by atoms with E-state index in [0.29, 0.717) is 5.88 Å². The van der Waals surface area contributed by atoms with Crippen molar-refractivity contribution in [2.75, 3.05) is 12.4 Å². The van der Waals surface area contributed by atoms with Crippen LogP contribution in [0.2, 0.25) is 0 Å². The number of anilines is 1. The van der Waals surface area contributed by atoms with Crippen molar-refractivity contribution in [3.63, 3.8) is 0 Å². The van der Waals surface area contributed by atoms with E-state index in [2.05, 4.69) is 55.1 Å². The number of benzene rings is 1. The number of ether oxygens (including phenoxy) is 1. The van der Waals surface area contributed by atoms with E-state index in [4.69, 9.17) is 4.74 Å². The van der Waals surface area contributed by atoms with Crippen LogP contribution >= 0.6 is 0 Å². The second kappa shape index (κ2) is 5.72. The fourth-order valence-electron chi connectivity index (χ4n) is 2.12. The molecule has 1 aromatic carbocycles. The molecular formula is C17H23N3O. The molecule has 112 valence electrons. The molecule has 0 saturated carbocycles. The molecule has 1 heterocycles. The SMILES string of the molecule is CNc1ncnc(Oc2ccc(C(C)(C)C)cc2C)c1C. The number of hydrogen-bond donors (Lipinski definition) is 1. The van der Waals surface area contributed by atoms with Gasteiger partial charge in [0.25, 0.3) is 0 Å². The van der Waals surface area contributed by atoms with Crippen molar-refractivity contribution < 1.29 is 4.74 Å². The number of aryl methyl sites for hydroxylation is 1. The molecule has 0 aliphatic carbocycles.